The van der Waals surface area contributed by atoms with E-state index in [0.29, 0.717) is 29.6 Å². The van der Waals surface area contributed by atoms with Crippen molar-refractivity contribution in [3.63, 3.8) is 0 Å². The lowest BCUT2D eigenvalue weighted by molar-refractivity contribution is 0.0979. The van der Waals surface area contributed by atoms with Gasteiger partial charge < -0.3 is 19.3 Å². The molecule has 1 aliphatic heterocycles. The molecule has 0 N–H and O–H groups in total. The maximum atomic E-state index is 13.2. The van der Waals surface area contributed by atoms with E-state index in [2.05, 4.69) is 25.1 Å². The van der Waals surface area contributed by atoms with Gasteiger partial charge in [-0.2, -0.15) is 0 Å². The van der Waals surface area contributed by atoms with Crippen molar-refractivity contribution in [1.29, 1.82) is 0 Å². The molecule has 0 aromatic heterocycles. The van der Waals surface area contributed by atoms with Crippen molar-refractivity contribution in [2.24, 2.45) is 0 Å². The Morgan fingerprint density at radius 2 is 1.72 bits per heavy atom. The van der Waals surface area contributed by atoms with Gasteiger partial charge >= 0.3 is 0 Å². The van der Waals surface area contributed by atoms with E-state index >= 15 is 0 Å². The molecule has 1 amide bonds. The predicted molar refractivity (Wildman–Crippen MR) is 98.7 cm³/mol. The molecule has 0 radical (unpaired) electrons. The third-order valence-electron chi connectivity index (χ3n) is 4.68. The van der Waals surface area contributed by atoms with E-state index in [4.69, 9.17) is 9.47 Å². The molecule has 1 atom stereocenters. The summed E-state index contributed by atoms with van der Waals surface area (Å²) in [4.78, 5) is 17.2. The number of hydrogen-bond donors (Lipinski definition) is 0. The number of carbonyl (C=O) groups is 1. The number of nitrogens with zero attached hydrogens (tertiary/aromatic N) is 2. The maximum absolute atomic E-state index is 13.2. The van der Waals surface area contributed by atoms with Gasteiger partial charge in [0.1, 0.15) is 11.5 Å². The highest BCUT2D eigenvalue weighted by atomic mass is 16.5. The second-order valence-electron chi connectivity index (χ2n) is 6.39. The molecule has 132 valence electrons. The van der Waals surface area contributed by atoms with Crippen LogP contribution in [0.3, 0.4) is 0 Å². The molecule has 1 heterocycles. The molecule has 25 heavy (non-hydrogen) atoms. The molecule has 3 rings (SSSR count). The fourth-order valence-electron chi connectivity index (χ4n) is 3.38. The number of fused-ring (bicyclic) bond motifs is 1. The molecule has 0 saturated carbocycles. The molecule has 0 saturated heterocycles. The standard InChI is InChI=1S/C20H24N2O3/c1-21(2)18-9-10-22(19-8-6-5-7-17(18)19)20(23)14-11-15(24-3)13-16(12-14)25-4/h5-8,11-13,18H,9-10H2,1-4H3. The summed E-state index contributed by atoms with van der Waals surface area (Å²) in [5.41, 5.74) is 2.72. The molecule has 0 spiro atoms. The summed E-state index contributed by atoms with van der Waals surface area (Å²) in [7, 11) is 7.32. The molecule has 0 bridgehead atoms. The van der Waals surface area contributed by atoms with Gasteiger partial charge in [-0.05, 0) is 44.3 Å². The first kappa shape index (κ1) is 17.3. The number of methoxy groups -OCH3 is 2. The highest BCUT2D eigenvalue weighted by molar-refractivity contribution is 6.07. The maximum Gasteiger partial charge on any atom is 0.258 e. The Morgan fingerprint density at radius 3 is 2.32 bits per heavy atom. The van der Waals surface area contributed by atoms with Crippen LogP contribution in [0.25, 0.3) is 0 Å². The molecule has 0 aliphatic carbocycles. The summed E-state index contributed by atoms with van der Waals surface area (Å²) in [6.45, 7) is 0.679. The Labute approximate surface area is 148 Å². The van der Waals surface area contributed by atoms with Crippen LogP contribution in [-0.4, -0.2) is 45.7 Å². The highest BCUT2D eigenvalue weighted by Crippen LogP contribution is 2.37. The van der Waals surface area contributed by atoms with Crippen molar-refractivity contribution in [3.8, 4) is 11.5 Å². The minimum Gasteiger partial charge on any atom is -0.497 e. The Bertz CT molecular complexity index is 751. The molecule has 5 nitrogen and oxygen atoms in total. The van der Waals surface area contributed by atoms with E-state index in [9.17, 15) is 4.79 Å². The molecular weight excluding hydrogens is 316 g/mol. The van der Waals surface area contributed by atoms with E-state index in [1.165, 1.54) is 5.56 Å². The minimum atomic E-state index is -0.0399. The van der Waals surface area contributed by atoms with Crippen LogP contribution in [0.15, 0.2) is 42.5 Å². The molecular formula is C20H24N2O3. The number of ether oxygens (including phenoxy) is 2. The largest absolute Gasteiger partial charge is 0.497 e. The fourth-order valence-corrected chi connectivity index (χ4v) is 3.38. The van der Waals surface area contributed by atoms with Crippen LogP contribution in [0.2, 0.25) is 0 Å². The fraction of sp³-hybridized carbons (Fsp3) is 0.350. The summed E-state index contributed by atoms with van der Waals surface area (Å²) < 4.78 is 10.6. The Hall–Kier alpha value is -2.53. The minimum absolute atomic E-state index is 0.0399. The lowest BCUT2D eigenvalue weighted by atomic mass is 9.95. The quantitative estimate of drug-likeness (QED) is 0.856. The Balaban J connectivity index is 1.99. The van der Waals surface area contributed by atoms with E-state index < -0.39 is 0 Å². The smallest absolute Gasteiger partial charge is 0.258 e. The van der Waals surface area contributed by atoms with Crippen LogP contribution in [0.4, 0.5) is 5.69 Å². The van der Waals surface area contributed by atoms with Crippen molar-refractivity contribution >= 4 is 11.6 Å². The van der Waals surface area contributed by atoms with Gasteiger partial charge in [0.05, 0.1) is 14.2 Å². The van der Waals surface area contributed by atoms with Crippen molar-refractivity contribution in [2.45, 2.75) is 12.5 Å². The number of amides is 1. The first-order valence-corrected chi connectivity index (χ1v) is 8.35. The van der Waals surface area contributed by atoms with Crippen LogP contribution < -0.4 is 14.4 Å². The molecule has 0 fully saturated rings. The van der Waals surface area contributed by atoms with E-state index in [0.717, 1.165) is 12.1 Å². The molecule has 2 aromatic carbocycles. The Morgan fingerprint density at radius 1 is 1.08 bits per heavy atom. The molecule has 1 aliphatic rings. The van der Waals surface area contributed by atoms with Gasteiger partial charge in [-0.15, -0.1) is 0 Å². The number of hydrogen-bond acceptors (Lipinski definition) is 4. The van der Waals surface area contributed by atoms with Crippen LogP contribution >= 0.6 is 0 Å². The number of carbonyl (C=O) groups excluding carboxylic acids is 1. The van der Waals surface area contributed by atoms with Gasteiger partial charge in [0.2, 0.25) is 0 Å². The van der Waals surface area contributed by atoms with Crippen LogP contribution in [0, 0.1) is 0 Å². The third kappa shape index (κ3) is 3.33. The zero-order chi connectivity index (χ0) is 18.0. The van der Waals surface area contributed by atoms with Crippen molar-refractivity contribution in [2.75, 3.05) is 39.8 Å². The second kappa shape index (κ2) is 7.15. The Kier molecular flexibility index (Phi) is 4.95. The zero-order valence-electron chi connectivity index (χ0n) is 15.2. The monoisotopic (exact) mass is 340 g/mol. The van der Waals surface area contributed by atoms with E-state index in [1.807, 2.05) is 23.1 Å². The lowest BCUT2D eigenvalue weighted by Gasteiger charge is -2.37. The van der Waals surface area contributed by atoms with Gasteiger partial charge in [0.25, 0.3) is 5.91 Å². The number of anilines is 1. The predicted octanol–water partition coefficient (Wildman–Crippen LogP) is 3.36. The van der Waals surface area contributed by atoms with Crippen molar-refractivity contribution in [1.82, 2.24) is 4.90 Å². The number of para-hydroxylation sites is 1. The SMILES string of the molecule is COc1cc(OC)cc(C(=O)N2CCC(N(C)C)c3ccccc32)c1. The highest BCUT2D eigenvalue weighted by Gasteiger charge is 2.30. The summed E-state index contributed by atoms with van der Waals surface area (Å²) >= 11 is 0. The first-order chi connectivity index (χ1) is 12.0. The summed E-state index contributed by atoms with van der Waals surface area (Å²) in [5.74, 6) is 1.18. The first-order valence-electron chi connectivity index (χ1n) is 8.35. The number of benzene rings is 2. The van der Waals surface area contributed by atoms with Gasteiger partial charge in [-0.3, -0.25) is 4.79 Å². The molecule has 2 aromatic rings. The molecule has 5 heteroatoms. The van der Waals surface area contributed by atoms with Crippen LogP contribution in [0.1, 0.15) is 28.4 Å². The zero-order valence-corrected chi connectivity index (χ0v) is 15.2. The van der Waals surface area contributed by atoms with Crippen LogP contribution in [0.5, 0.6) is 11.5 Å². The average Bonchev–Trinajstić information content (AvgIpc) is 2.65. The summed E-state index contributed by atoms with van der Waals surface area (Å²) in [6, 6.07) is 13.7. The third-order valence-corrected chi connectivity index (χ3v) is 4.68. The van der Waals surface area contributed by atoms with E-state index in [1.54, 1.807) is 32.4 Å². The van der Waals surface area contributed by atoms with Gasteiger partial charge in [0, 0.05) is 29.9 Å². The van der Waals surface area contributed by atoms with Gasteiger partial charge in [-0.1, -0.05) is 18.2 Å². The lowest BCUT2D eigenvalue weighted by Crippen LogP contribution is -2.39. The van der Waals surface area contributed by atoms with Gasteiger partial charge in [-0.25, -0.2) is 0 Å². The van der Waals surface area contributed by atoms with Crippen LogP contribution in [-0.2, 0) is 0 Å². The topological polar surface area (TPSA) is 42.0 Å². The summed E-state index contributed by atoms with van der Waals surface area (Å²) in [6.07, 6.45) is 0.900. The summed E-state index contributed by atoms with van der Waals surface area (Å²) in [5, 5.41) is 0. The van der Waals surface area contributed by atoms with Crippen molar-refractivity contribution < 1.29 is 14.3 Å². The number of rotatable bonds is 4. The van der Waals surface area contributed by atoms with Crippen molar-refractivity contribution in [3.05, 3.63) is 53.6 Å². The second-order valence-corrected chi connectivity index (χ2v) is 6.39. The van der Waals surface area contributed by atoms with E-state index in [-0.39, 0.29) is 5.91 Å². The average molecular weight is 340 g/mol. The molecule has 1 unspecified atom stereocenters. The normalized spacial score (nSPS) is 16.5. The van der Waals surface area contributed by atoms with Gasteiger partial charge in [0.15, 0.2) is 0 Å².